The van der Waals surface area contributed by atoms with Gasteiger partial charge >= 0.3 is 0 Å². The maximum Gasteiger partial charge on any atom is 0.260 e. The number of hydrogen-bond donors (Lipinski definition) is 1. The number of nitrogens with one attached hydrogen (secondary N) is 1. The number of anilines is 1. The highest BCUT2D eigenvalue weighted by Gasteiger charge is 2.32. The minimum absolute atomic E-state index is 0.0391. The van der Waals surface area contributed by atoms with Crippen LogP contribution in [0.25, 0.3) is 0 Å². The van der Waals surface area contributed by atoms with Crippen molar-refractivity contribution in [3.63, 3.8) is 0 Å². The first-order valence-electron chi connectivity index (χ1n) is 10.0. The number of piperazine rings is 1. The normalized spacial score (nSPS) is 16.9. The molecule has 0 unspecified atom stereocenters. The first-order chi connectivity index (χ1) is 15.2. The number of rotatable bonds is 5. The maximum absolute atomic E-state index is 13.9. The summed E-state index contributed by atoms with van der Waals surface area (Å²) in [6.07, 6.45) is 0.983. The van der Waals surface area contributed by atoms with Crippen molar-refractivity contribution in [1.82, 2.24) is 9.21 Å². The smallest absolute Gasteiger partial charge is 0.260 e. The average Bonchev–Trinajstić information content (AvgIpc) is 2.79. The second kappa shape index (κ2) is 8.83. The van der Waals surface area contributed by atoms with Crippen molar-refractivity contribution >= 4 is 27.5 Å². The van der Waals surface area contributed by atoms with Crippen LogP contribution in [-0.4, -0.2) is 62.2 Å². The molecule has 0 spiro atoms. The van der Waals surface area contributed by atoms with Gasteiger partial charge in [0.1, 0.15) is 22.3 Å². The number of aryl methyl sites for hydroxylation is 1. The zero-order chi connectivity index (χ0) is 22.9. The van der Waals surface area contributed by atoms with Crippen molar-refractivity contribution in [1.29, 1.82) is 0 Å². The van der Waals surface area contributed by atoms with Crippen LogP contribution >= 0.6 is 0 Å². The Morgan fingerprint density at radius 3 is 2.53 bits per heavy atom. The summed E-state index contributed by atoms with van der Waals surface area (Å²) in [6.45, 7) is -0.0925. The van der Waals surface area contributed by atoms with Gasteiger partial charge in [-0.25, -0.2) is 17.2 Å². The van der Waals surface area contributed by atoms with Gasteiger partial charge in [-0.15, -0.1) is 0 Å². The lowest BCUT2D eigenvalue weighted by molar-refractivity contribution is -0.134. The Labute approximate surface area is 183 Å². The summed E-state index contributed by atoms with van der Waals surface area (Å²) >= 11 is 0. The first kappa shape index (κ1) is 22.2. The summed E-state index contributed by atoms with van der Waals surface area (Å²) in [4.78, 5) is 24.7. The second-order valence-corrected chi connectivity index (χ2v) is 9.42. The molecule has 2 aliphatic rings. The predicted octanol–water partition coefficient (Wildman–Crippen LogP) is 1.76. The molecule has 1 fully saturated rings. The van der Waals surface area contributed by atoms with E-state index in [9.17, 15) is 26.8 Å². The number of fused-ring (bicyclic) bond motifs is 1. The molecule has 0 radical (unpaired) electrons. The van der Waals surface area contributed by atoms with Gasteiger partial charge in [0, 0.05) is 38.3 Å². The summed E-state index contributed by atoms with van der Waals surface area (Å²) < 4.78 is 59.3. The second-order valence-electron chi connectivity index (χ2n) is 7.52. The van der Waals surface area contributed by atoms with Crippen molar-refractivity contribution < 1.29 is 31.5 Å². The Balaban J connectivity index is 1.33. The molecule has 1 saturated heterocycles. The highest BCUT2D eigenvalue weighted by atomic mass is 32.2. The number of carbonyl (C=O) groups is 2. The van der Waals surface area contributed by atoms with E-state index in [1.165, 1.54) is 4.90 Å². The number of carbonyl (C=O) groups excluding carboxylic acids is 2. The fraction of sp³-hybridized carbons (Fsp3) is 0.333. The maximum atomic E-state index is 13.9. The molecule has 8 nitrogen and oxygen atoms in total. The standard InChI is InChI=1S/C21H21F2N3O5S/c22-15-2-4-17(23)19(12-15)32(29,30)26-9-7-25(8-10-26)21(28)13-31-16-3-5-18-14(11-16)1-6-20(27)24-18/h2-5,11-12H,1,6-10,13H2,(H,24,27). The van der Waals surface area contributed by atoms with Crippen LogP contribution < -0.4 is 10.1 Å². The fourth-order valence-corrected chi connectivity index (χ4v) is 5.18. The molecule has 0 aliphatic carbocycles. The number of amides is 2. The molecule has 2 aromatic carbocycles. The third kappa shape index (κ3) is 4.58. The van der Waals surface area contributed by atoms with Gasteiger partial charge in [0.2, 0.25) is 15.9 Å². The number of sulfonamides is 1. The summed E-state index contributed by atoms with van der Waals surface area (Å²) in [7, 11) is -4.21. The Bertz CT molecular complexity index is 1160. The lowest BCUT2D eigenvalue weighted by atomic mass is 10.0. The van der Waals surface area contributed by atoms with Crippen LogP contribution in [-0.2, 0) is 26.0 Å². The molecule has 170 valence electrons. The van der Waals surface area contributed by atoms with Gasteiger partial charge in [0.25, 0.3) is 5.91 Å². The Morgan fingerprint density at radius 2 is 1.78 bits per heavy atom. The Kier molecular flexibility index (Phi) is 6.11. The number of benzene rings is 2. The van der Waals surface area contributed by atoms with E-state index < -0.39 is 26.6 Å². The minimum atomic E-state index is -4.21. The third-order valence-corrected chi connectivity index (χ3v) is 7.35. The molecule has 2 heterocycles. The van der Waals surface area contributed by atoms with Crippen LogP contribution in [0.3, 0.4) is 0 Å². The van der Waals surface area contributed by atoms with Crippen LogP contribution in [0.15, 0.2) is 41.3 Å². The van der Waals surface area contributed by atoms with Crippen molar-refractivity contribution in [3.05, 3.63) is 53.6 Å². The summed E-state index contributed by atoms with van der Waals surface area (Å²) in [6, 6.07) is 7.44. The zero-order valence-corrected chi connectivity index (χ0v) is 17.8. The Hall–Kier alpha value is -3.05. The van der Waals surface area contributed by atoms with E-state index in [1.54, 1.807) is 18.2 Å². The van der Waals surface area contributed by atoms with Gasteiger partial charge in [-0.05, 0) is 48.4 Å². The SMILES string of the molecule is O=C1CCc2cc(OCC(=O)N3CCN(S(=O)(=O)c4cc(F)ccc4F)CC3)ccc2N1. The summed E-state index contributed by atoms with van der Waals surface area (Å²) in [5, 5.41) is 2.77. The average molecular weight is 465 g/mol. The molecule has 1 N–H and O–H groups in total. The van der Waals surface area contributed by atoms with E-state index >= 15 is 0 Å². The van der Waals surface area contributed by atoms with Gasteiger partial charge in [-0.1, -0.05) is 0 Å². The molecule has 11 heteroatoms. The number of halogens is 2. The third-order valence-electron chi connectivity index (χ3n) is 5.44. The summed E-state index contributed by atoms with van der Waals surface area (Å²) in [5.41, 5.74) is 1.66. The fourth-order valence-electron chi connectivity index (χ4n) is 3.68. The van der Waals surface area contributed by atoms with E-state index in [0.29, 0.717) is 24.7 Å². The van der Waals surface area contributed by atoms with Crippen LogP contribution in [0, 0.1) is 11.6 Å². The van der Waals surface area contributed by atoms with Gasteiger partial charge in [0.05, 0.1) is 0 Å². The number of ether oxygens (including phenoxy) is 1. The number of nitrogens with zero attached hydrogens (tertiary/aromatic N) is 2. The van der Waals surface area contributed by atoms with Gasteiger partial charge in [-0.2, -0.15) is 4.31 Å². The van der Waals surface area contributed by atoms with Gasteiger partial charge in [-0.3, -0.25) is 9.59 Å². The van der Waals surface area contributed by atoms with Crippen LogP contribution in [0.4, 0.5) is 14.5 Å². The molecule has 4 rings (SSSR count). The van der Waals surface area contributed by atoms with Crippen molar-refractivity contribution in [2.75, 3.05) is 38.1 Å². The zero-order valence-electron chi connectivity index (χ0n) is 17.0. The van der Waals surface area contributed by atoms with Crippen molar-refractivity contribution in [3.8, 4) is 5.75 Å². The molecule has 2 aliphatic heterocycles. The van der Waals surface area contributed by atoms with E-state index in [-0.39, 0.29) is 44.6 Å². The number of hydrogen-bond acceptors (Lipinski definition) is 5. The van der Waals surface area contributed by atoms with E-state index in [1.807, 2.05) is 0 Å². The monoisotopic (exact) mass is 465 g/mol. The minimum Gasteiger partial charge on any atom is -0.484 e. The van der Waals surface area contributed by atoms with Crippen molar-refractivity contribution in [2.45, 2.75) is 17.7 Å². The predicted molar refractivity (Wildman–Crippen MR) is 111 cm³/mol. The van der Waals surface area contributed by atoms with E-state index in [0.717, 1.165) is 27.7 Å². The van der Waals surface area contributed by atoms with Crippen molar-refractivity contribution in [2.24, 2.45) is 0 Å². The molecule has 0 bridgehead atoms. The topological polar surface area (TPSA) is 96.0 Å². The summed E-state index contributed by atoms with van der Waals surface area (Å²) in [5.74, 6) is -1.73. The molecule has 0 atom stereocenters. The Morgan fingerprint density at radius 1 is 1.03 bits per heavy atom. The molecule has 0 aromatic heterocycles. The molecule has 0 saturated carbocycles. The molecule has 2 aromatic rings. The first-order valence-corrected chi connectivity index (χ1v) is 11.5. The van der Waals surface area contributed by atoms with Gasteiger partial charge < -0.3 is 15.0 Å². The lowest BCUT2D eigenvalue weighted by Crippen LogP contribution is -2.51. The van der Waals surface area contributed by atoms with E-state index in [4.69, 9.17) is 4.74 Å². The quantitative estimate of drug-likeness (QED) is 0.726. The molecular formula is C21H21F2N3O5S. The molecule has 32 heavy (non-hydrogen) atoms. The molecular weight excluding hydrogens is 444 g/mol. The van der Waals surface area contributed by atoms with Crippen LogP contribution in [0.1, 0.15) is 12.0 Å². The lowest BCUT2D eigenvalue weighted by Gasteiger charge is -2.34. The largest absolute Gasteiger partial charge is 0.484 e. The van der Waals surface area contributed by atoms with Gasteiger partial charge in [0.15, 0.2) is 6.61 Å². The molecule has 2 amide bonds. The van der Waals surface area contributed by atoms with Crippen LogP contribution in [0.5, 0.6) is 5.75 Å². The van der Waals surface area contributed by atoms with E-state index in [2.05, 4.69) is 5.32 Å². The van der Waals surface area contributed by atoms with Crippen LogP contribution in [0.2, 0.25) is 0 Å². The highest BCUT2D eigenvalue weighted by molar-refractivity contribution is 7.89. The highest BCUT2D eigenvalue weighted by Crippen LogP contribution is 2.27.